The van der Waals surface area contributed by atoms with Gasteiger partial charge < -0.3 is 0 Å². The van der Waals surface area contributed by atoms with Gasteiger partial charge in [0.1, 0.15) is 0 Å². The fourth-order valence-electron chi connectivity index (χ4n) is 0.568. The van der Waals surface area contributed by atoms with Crippen LogP contribution in [0, 0.1) is 0 Å². The van der Waals surface area contributed by atoms with Crippen LogP contribution in [0.25, 0.3) is 0 Å². The minimum atomic E-state index is -1.83. The molecule has 0 aromatic heterocycles. The van der Waals surface area contributed by atoms with Crippen molar-refractivity contribution in [3.05, 3.63) is 0 Å². The zero-order valence-electron chi connectivity index (χ0n) is 10.4. The van der Waals surface area contributed by atoms with Gasteiger partial charge in [0.15, 0.2) is 0 Å². The van der Waals surface area contributed by atoms with Gasteiger partial charge in [-0.2, -0.15) is 0 Å². The van der Waals surface area contributed by atoms with Gasteiger partial charge in [-0.15, -0.1) is 0 Å². The first kappa shape index (κ1) is 17.1. The SMILES string of the molecule is C1CCC1.CCC.CCCCI(C)F. The Morgan fingerprint density at radius 2 is 1.36 bits per heavy atom. The Balaban J connectivity index is 0. The number of hydrogen-bond acceptors (Lipinski definition) is 0. The van der Waals surface area contributed by atoms with Crippen molar-refractivity contribution < 1.29 is 2.86 Å². The molecule has 0 aliphatic heterocycles. The van der Waals surface area contributed by atoms with Crippen LogP contribution in [0.2, 0.25) is 0 Å². The van der Waals surface area contributed by atoms with Gasteiger partial charge in [0, 0.05) is 0 Å². The Kier molecular flexibility index (Phi) is 19.6. The first-order chi connectivity index (χ1) is 6.68. The van der Waals surface area contributed by atoms with Gasteiger partial charge >= 0.3 is 52.4 Å². The number of alkyl halides is 2. The van der Waals surface area contributed by atoms with Gasteiger partial charge in [-0.1, -0.05) is 46.0 Å². The Morgan fingerprint density at radius 3 is 1.43 bits per heavy atom. The Bertz CT molecular complexity index is 76.4. The fourth-order valence-corrected chi connectivity index (χ4v) is 2.38. The van der Waals surface area contributed by atoms with Crippen LogP contribution in [0.3, 0.4) is 0 Å². The summed E-state index contributed by atoms with van der Waals surface area (Å²) in [6, 6.07) is 0. The maximum atomic E-state index is 12.0. The van der Waals surface area contributed by atoms with E-state index in [0.29, 0.717) is 0 Å². The summed E-state index contributed by atoms with van der Waals surface area (Å²) < 4.78 is 12.9. The third kappa shape index (κ3) is 23.0. The zero-order valence-corrected chi connectivity index (χ0v) is 12.6. The summed E-state index contributed by atoms with van der Waals surface area (Å²) in [5.74, 6) is 0. The van der Waals surface area contributed by atoms with Crippen LogP contribution in [0.4, 0.5) is 2.86 Å². The molecule has 1 fully saturated rings. The second kappa shape index (κ2) is 16.1. The van der Waals surface area contributed by atoms with Crippen molar-refractivity contribution in [2.75, 3.05) is 9.36 Å². The molecule has 0 aromatic rings. The average molecular weight is 318 g/mol. The number of hydrogen-bond donors (Lipinski definition) is 0. The van der Waals surface area contributed by atoms with Crippen molar-refractivity contribution >= 4 is 20.4 Å². The van der Waals surface area contributed by atoms with Crippen molar-refractivity contribution in [3.8, 4) is 0 Å². The summed E-state index contributed by atoms with van der Waals surface area (Å²) in [6.45, 7) is 6.35. The molecule has 0 amide bonds. The molecule has 0 spiro atoms. The van der Waals surface area contributed by atoms with Crippen LogP contribution in [-0.4, -0.2) is 9.36 Å². The van der Waals surface area contributed by atoms with E-state index in [1.807, 2.05) is 0 Å². The van der Waals surface area contributed by atoms with E-state index in [2.05, 4.69) is 20.8 Å². The summed E-state index contributed by atoms with van der Waals surface area (Å²) >= 11 is -1.83. The number of rotatable bonds is 3. The molecule has 90 valence electrons. The fraction of sp³-hybridized carbons (Fsp3) is 1.00. The predicted octanol–water partition coefficient (Wildman–Crippen LogP) is 5.78. The van der Waals surface area contributed by atoms with E-state index in [0.717, 1.165) is 17.3 Å². The number of unbranched alkanes of at least 4 members (excludes halogenated alkanes) is 1. The molecule has 0 N–H and O–H groups in total. The van der Waals surface area contributed by atoms with Gasteiger partial charge in [-0.3, -0.25) is 0 Å². The summed E-state index contributed by atoms with van der Waals surface area (Å²) in [4.78, 5) is 1.76. The predicted molar refractivity (Wildman–Crippen MR) is 75.3 cm³/mol. The van der Waals surface area contributed by atoms with Crippen molar-refractivity contribution in [3.63, 3.8) is 0 Å². The molecule has 1 aliphatic carbocycles. The molecule has 14 heavy (non-hydrogen) atoms. The normalized spacial score (nSPS) is 13.9. The molecule has 0 radical (unpaired) electrons. The van der Waals surface area contributed by atoms with Gasteiger partial charge in [-0.25, -0.2) is 0 Å². The first-order valence-corrected chi connectivity index (χ1v) is 10.4. The van der Waals surface area contributed by atoms with Crippen LogP contribution in [0.5, 0.6) is 0 Å². The van der Waals surface area contributed by atoms with E-state index in [1.54, 1.807) is 4.93 Å². The molecule has 0 heterocycles. The van der Waals surface area contributed by atoms with Crippen molar-refractivity contribution in [1.82, 2.24) is 0 Å². The topological polar surface area (TPSA) is 0 Å². The van der Waals surface area contributed by atoms with E-state index in [-0.39, 0.29) is 0 Å². The summed E-state index contributed by atoms with van der Waals surface area (Å²) in [5.41, 5.74) is 0. The standard InChI is InChI=1S/C5H12FI.C4H8.C3H8/c1-3-4-5-7(2)6;1-2-4-3-1;1-3-2/h3-5H2,1-2H3;1-4H2;3H2,1-2H3. The summed E-state index contributed by atoms with van der Waals surface area (Å²) in [5, 5.41) is 0. The molecule has 1 aliphatic rings. The van der Waals surface area contributed by atoms with E-state index in [1.165, 1.54) is 32.1 Å². The van der Waals surface area contributed by atoms with Gasteiger partial charge in [0.2, 0.25) is 0 Å². The van der Waals surface area contributed by atoms with E-state index in [9.17, 15) is 2.86 Å². The zero-order chi connectivity index (χ0) is 11.2. The molecule has 1 rings (SSSR count). The Morgan fingerprint density at radius 1 is 1.00 bits per heavy atom. The van der Waals surface area contributed by atoms with Crippen LogP contribution in [0.15, 0.2) is 0 Å². The summed E-state index contributed by atoms with van der Waals surface area (Å²) in [6.07, 6.45) is 9.49. The van der Waals surface area contributed by atoms with Crippen molar-refractivity contribution in [1.29, 1.82) is 0 Å². The van der Waals surface area contributed by atoms with Gasteiger partial charge in [0.25, 0.3) is 0 Å². The molecule has 0 aromatic carbocycles. The molecular weight excluding hydrogens is 290 g/mol. The third-order valence-electron chi connectivity index (χ3n) is 1.75. The van der Waals surface area contributed by atoms with Crippen molar-refractivity contribution in [2.45, 2.75) is 65.7 Å². The molecular formula is C12H28FI. The molecule has 0 saturated heterocycles. The van der Waals surface area contributed by atoms with Crippen LogP contribution >= 0.6 is 20.4 Å². The third-order valence-corrected chi connectivity index (χ3v) is 4.00. The van der Waals surface area contributed by atoms with Crippen LogP contribution in [0.1, 0.15) is 65.7 Å². The van der Waals surface area contributed by atoms with Crippen LogP contribution in [-0.2, 0) is 0 Å². The van der Waals surface area contributed by atoms with E-state index < -0.39 is 20.4 Å². The Hall–Kier alpha value is 0.660. The second-order valence-electron chi connectivity index (χ2n) is 3.67. The first-order valence-electron chi connectivity index (χ1n) is 5.91. The molecule has 0 nitrogen and oxygen atoms in total. The van der Waals surface area contributed by atoms with Gasteiger partial charge in [0.05, 0.1) is 0 Å². The number of halogens is 2. The molecule has 2 heteroatoms. The maximum absolute atomic E-state index is 12.0. The molecule has 1 saturated carbocycles. The molecule has 0 unspecified atom stereocenters. The minimum absolute atomic E-state index is 0.889. The van der Waals surface area contributed by atoms with Crippen LogP contribution < -0.4 is 0 Å². The van der Waals surface area contributed by atoms with Crippen molar-refractivity contribution in [2.24, 2.45) is 0 Å². The average Bonchev–Trinajstić information content (AvgIpc) is 1.99. The second-order valence-corrected chi connectivity index (χ2v) is 7.67. The summed E-state index contributed by atoms with van der Waals surface area (Å²) in [7, 11) is 0. The molecule has 0 atom stereocenters. The molecule has 0 bridgehead atoms. The quantitative estimate of drug-likeness (QED) is 0.457. The van der Waals surface area contributed by atoms with E-state index in [4.69, 9.17) is 0 Å². The van der Waals surface area contributed by atoms with E-state index >= 15 is 0 Å². The van der Waals surface area contributed by atoms with Gasteiger partial charge in [-0.05, 0) is 0 Å². The monoisotopic (exact) mass is 318 g/mol. The Labute approximate surface area is 98.2 Å².